The van der Waals surface area contributed by atoms with Gasteiger partial charge in [-0.1, -0.05) is 11.6 Å². The third-order valence-electron chi connectivity index (χ3n) is 4.14. The second kappa shape index (κ2) is 7.14. The molecule has 1 heterocycles. The molecular weight excluding hydrogens is 288 g/mol. The van der Waals surface area contributed by atoms with Crippen molar-refractivity contribution in [1.29, 1.82) is 0 Å². The zero-order chi connectivity index (χ0) is 15.4. The Bertz CT molecular complexity index is 505. The fourth-order valence-corrected chi connectivity index (χ4v) is 3.02. The summed E-state index contributed by atoms with van der Waals surface area (Å²) in [4.78, 5) is 14.4. The van der Waals surface area contributed by atoms with Gasteiger partial charge >= 0.3 is 0 Å². The van der Waals surface area contributed by atoms with Gasteiger partial charge < -0.3 is 15.4 Å². The van der Waals surface area contributed by atoms with Crippen molar-refractivity contribution < 1.29 is 9.53 Å². The molecule has 2 atom stereocenters. The number of methoxy groups -OCH3 is 1. The van der Waals surface area contributed by atoms with Crippen molar-refractivity contribution in [1.82, 2.24) is 4.90 Å². The lowest BCUT2D eigenvalue weighted by molar-refractivity contribution is -0.132. The average molecular weight is 311 g/mol. The predicted octanol–water partition coefficient (Wildman–Crippen LogP) is 2.48. The molecule has 1 amide bonds. The van der Waals surface area contributed by atoms with E-state index in [-0.39, 0.29) is 11.9 Å². The number of likely N-dealkylation sites (tertiary alicyclic amines) is 1. The van der Waals surface area contributed by atoms with Gasteiger partial charge in [-0.05, 0) is 43.9 Å². The summed E-state index contributed by atoms with van der Waals surface area (Å²) >= 11 is 6.01. The van der Waals surface area contributed by atoms with E-state index in [1.807, 2.05) is 11.8 Å². The maximum atomic E-state index is 12.5. The highest BCUT2D eigenvalue weighted by Gasteiger charge is 2.26. The van der Waals surface area contributed by atoms with E-state index in [0.717, 1.165) is 31.5 Å². The Morgan fingerprint density at radius 3 is 3.00 bits per heavy atom. The number of rotatable bonds is 4. The molecule has 4 nitrogen and oxygen atoms in total. The molecule has 5 heteroatoms. The lowest BCUT2D eigenvalue weighted by atomic mass is 9.92. The molecule has 1 aromatic carbocycles. The first-order chi connectivity index (χ1) is 10.0. The van der Waals surface area contributed by atoms with Gasteiger partial charge in [-0.2, -0.15) is 0 Å². The third kappa shape index (κ3) is 4.11. The first kappa shape index (κ1) is 16.1. The summed E-state index contributed by atoms with van der Waals surface area (Å²) in [6.07, 6.45) is 2.43. The van der Waals surface area contributed by atoms with Gasteiger partial charge in [0.15, 0.2) is 0 Å². The number of benzene rings is 1. The number of carbonyl (C=O) groups excluding carboxylic acids is 1. The summed E-state index contributed by atoms with van der Waals surface area (Å²) < 4.78 is 5.30. The van der Waals surface area contributed by atoms with Crippen LogP contribution in [0, 0.1) is 5.92 Å². The molecule has 2 N–H and O–H groups in total. The first-order valence-electron chi connectivity index (χ1n) is 7.37. The van der Waals surface area contributed by atoms with E-state index in [1.54, 1.807) is 25.3 Å². The van der Waals surface area contributed by atoms with Crippen molar-refractivity contribution >= 4 is 17.5 Å². The van der Waals surface area contributed by atoms with E-state index in [0.29, 0.717) is 23.1 Å². The molecule has 1 aliphatic rings. The van der Waals surface area contributed by atoms with Gasteiger partial charge in [-0.25, -0.2) is 0 Å². The minimum absolute atomic E-state index is 0.112. The standard InChI is InChI=1S/C16H23ClN2O2/c1-11(18)12-4-3-7-19(10-12)16(20)9-13-8-14(17)5-6-15(13)21-2/h5-6,8,11-12H,3-4,7,9-10,18H2,1-2H3/t11-,12+/m1/s1. The molecule has 2 rings (SSSR count). The van der Waals surface area contributed by atoms with Gasteiger partial charge in [0.05, 0.1) is 13.5 Å². The quantitative estimate of drug-likeness (QED) is 0.929. The van der Waals surface area contributed by atoms with Crippen LogP contribution in [-0.2, 0) is 11.2 Å². The van der Waals surface area contributed by atoms with Crippen molar-refractivity contribution in [2.45, 2.75) is 32.2 Å². The number of piperidine rings is 1. The van der Waals surface area contributed by atoms with Gasteiger partial charge in [0.25, 0.3) is 0 Å². The maximum absolute atomic E-state index is 12.5. The molecule has 0 spiro atoms. The number of nitrogens with zero attached hydrogens (tertiary/aromatic N) is 1. The summed E-state index contributed by atoms with van der Waals surface area (Å²) in [6, 6.07) is 5.49. The van der Waals surface area contributed by atoms with E-state index in [2.05, 4.69) is 0 Å². The SMILES string of the molecule is COc1ccc(Cl)cc1CC(=O)N1CCC[C@H]([C@@H](C)N)C1. The van der Waals surface area contributed by atoms with Gasteiger partial charge in [0.1, 0.15) is 5.75 Å². The maximum Gasteiger partial charge on any atom is 0.227 e. The Morgan fingerprint density at radius 2 is 2.33 bits per heavy atom. The van der Waals surface area contributed by atoms with Crippen molar-refractivity contribution in [3.63, 3.8) is 0 Å². The summed E-state index contributed by atoms with van der Waals surface area (Å²) in [6.45, 7) is 3.57. The normalized spacial score (nSPS) is 20.2. The molecule has 1 fully saturated rings. The van der Waals surface area contributed by atoms with Crippen molar-refractivity contribution in [2.75, 3.05) is 20.2 Å². The van der Waals surface area contributed by atoms with Crippen LogP contribution < -0.4 is 10.5 Å². The lowest BCUT2D eigenvalue weighted by Gasteiger charge is -2.34. The van der Waals surface area contributed by atoms with Crippen LogP contribution in [-0.4, -0.2) is 37.0 Å². The minimum Gasteiger partial charge on any atom is -0.496 e. The second-order valence-electron chi connectivity index (χ2n) is 5.73. The Morgan fingerprint density at radius 1 is 1.57 bits per heavy atom. The molecule has 0 radical (unpaired) electrons. The predicted molar refractivity (Wildman–Crippen MR) is 84.7 cm³/mol. The zero-order valence-electron chi connectivity index (χ0n) is 12.6. The van der Waals surface area contributed by atoms with E-state index in [1.165, 1.54) is 0 Å². The summed E-state index contributed by atoms with van der Waals surface area (Å²) in [5.41, 5.74) is 6.80. The lowest BCUT2D eigenvalue weighted by Crippen LogP contribution is -2.45. The number of ether oxygens (including phenoxy) is 1. The number of amides is 1. The number of carbonyl (C=O) groups is 1. The highest BCUT2D eigenvalue weighted by Crippen LogP contribution is 2.25. The van der Waals surface area contributed by atoms with E-state index < -0.39 is 0 Å². The Kier molecular flexibility index (Phi) is 5.48. The smallest absolute Gasteiger partial charge is 0.227 e. The van der Waals surface area contributed by atoms with Crippen molar-refractivity contribution in [3.8, 4) is 5.75 Å². The van der Waals surface area contributed by atoms with Gasteiger partial charge in [0.2, 0.25) is 5.91 Å². The molecule has 0 unspecified atom stereocenters. The Labute approximate surface area is 131 Å². The summed E-state index contributed by atoms with van der Waals surface area (Å²) in [5.74, 6) is 1.21. The largest absolute Gasteiger partial charge is 0.496 e. The van der Waals surface area contributed by atoms with E-state index in [4.69, 9.17) is 22.1 Å². The van der Waals surface area contributed by atoms with Crippen LogP contribution in [0.25, 0.3) is 0 Å². The Balaban J connectivity index is 2.06. The van der Waals surface area contributed by atoms with Crippen LogP contribution in [0.15, 0.2) is 18.2 Å². The van der Waals surface area contributed by atoms with Crippen LogP contribution in [0.2, 0.25) is 5.02 Å². The number of hydrogen-bond donors (Lipinski definition) is 1. The first-order valence-corrected chi connectivity index (χ1v) is 7.75. The number of nitrogens with two attached hydrogens (primary N) is 1. The zero-order valence-corrected chi connectivity index (χ0v) is 13.4. The topological polar surface area (TPSA) is 55.6 Å². The van der Waals surface area contributed by atoms with Crippen LogP contribution in [0.3, 0.4) is 0 Å². The summed E-state index contributed by atoms with van der Waals surface area (Å²) in [5, 5.41) is 0.616. The fraction of sp³-hybridized carbons (Fsp3) is 0.562. The monoisotopic (exact) mass is 310 g/mol. The van der Waals surface area contributed by atoms with Crippen LogP contribution >= 0.6 is 11.6 Å². The van der Waals surface area contributed by atoms with Crippen molar-refractivity contribution in [3.05, 3.63) is 28.8 Å². The number of hydrogen-bond acceptors (Lipinski definition) is 3. The molecule has 21 heavy (non-hydrogen) atoms. The Hall–Kier alpha value is -1.26. The molecule has 0 aromatic heterocycles. The molecular formula is C16H23ClN2O2. The number of halogens is 1. The van der Waals surface area contributed by atoms with Gasteiger partial charge in [-0.15, -0.1) is 0 Å². The molecule has 0 aliphatic carbocycles. The van der Waals surface area contributed by atoms with E-state index >= 15 is 0 Å². The fourth-order valence-electron chi connectivity index (χ4n) is 2.83. The van der Waals surface area contributed by atoms with Gasteiger partial charge in [0, 0.05) is 29.7 Å². The average Bonchev–Trinajstić information content (AvgIpc) is 2.47. The highest BCUT2D eigenvalue weighted by atomic mass is 35.5. The molecule has 1 aliphatic heterocycles. The molecule has 0 bridgehead atoms. The second-order valence-corrected chi connectivity index (χ2v) is 6.17. The van der Waals surface area contributed by atoms with Crippen molar-refractivity contribution in [2.24, 2.45) is 11.7 Å². The minimum atomic E-state index is 0.112. The van der Waals surface area contributed by atoms with E-state index in [9.17, 15) is 4.79 Å². The molecule has 0 saturated carbocycles. The van der Waals surface area contributed by atoms with Crippen LogP contribution in [0.4, 0.5) is 0 Å². The summed E-state index contributed by atoms with van der Waals surface area (Å²) in [7, 11) is 1.60. The van der Waals surface area contributed by atoms with Crippen LogP contribution in [0.1, 0.15) is 25.3 Å². The molecule has 1 saturated heterocycles. The molecule has 116 valence electrons. The van der Waals surface area contributed by atoms with Gasteiger partial charge in [-0.3, -0.25) is 4.79 Å². The highest BCUT2D eigenvalue weighted by molar-refractivity contribution is 6.30. The third-order valence-corrected chi connectivity index (χ3v) is 4.37. The van der Waals surface area contributed by atoms with Crippen LogP contribution in [0.5, 0.6) is 5.75 Å². The molecule has 1 aromatic rings.